The summed E-state index contributed by atoms with van der Waals surface area (Å²) in [4.78, 5) is 6.46. The molecule has 0 spiro atoms. The summed E-state index contributed by atoms with van der Waals surface area (Å²) >= 11 is 0. The summed E-state index contributed by atoms with van der Waals surface area (Å²) in [6, 6.07) is 8.88. The van der Waals surface area contributed by atoms with Crippen molar-refractivity contribution < 1.29 is 0 Å². The first kappa shape index (κ1) is 20.5. The molecule has 1 aromatic rings. The van der Waals surface area contributed by atoms with E-state index in [0.29, 0.717) is 5.92 Å². The fourth-order valence-corrected chi connectivity index (χ4v) is 4.04. The van der Waals surface area contributed by atoms with Gasteiger partial charge in [0.1, 0.15) is 0 Å². The van der Waals surface area contributed by atoms with E-state index < -0.39 is 0 Å². The summed E-state index contributed by atoms with van der Waals surface area (Å²) in [5, 5.41) is 0. The smallest absolute Gasteiger partial charge is 0.0414 e. The Morgan fingerprint density at radius 3 is 2.62 bits per heavy atom. The molecule has 0 aliphatic heterocycles. The van der Waals surface area contributed by atoms with Gasteiger partial charge in [-0.1, -0.05) is 57.7 Å². The van der Waals surface area contributed by atoms with Crippen LogP contribution in [0.15, 0.2) is 47.7 Å². The van der Waals surface area contributed by atoms with Crippen molar-refractivity contribution in [2.75, 3.05) is 11.4 Å². The second kappa shape index (κ2) is 11.0. The van der Waals surface area contributed by atoms with Crippen molar-refractivity contribution >= 4 is 18.0 Å². The van der Waals surface area contributed by atoms with E-state index in [1.165, 1.54) is 73.9 Å². The van der Waals surface area contributed by atoms with E-state index in [2.05, 4.69) is 61.3 Å². The Kier molecular flexibility index (Phi) is 8.67. The number of allylic oxidation sites excluding steroid dienone is 2. The molecule has 26 heavy (non-hydrogen) atoms. The van der Waals surface area contributed by atoms with Crippen LogP contribution in [0.2, 0.25) is 0 Å². The monoisotopic (exact) mass is 352 g/mol. The van der Waals surface area contributed by atoms with Gasteiger partial charge in [-0.15, -0.1) is 0 Å². The van der Waals surface area contributed by atoms with E-state index >= 15 is 0 Å². The van der Waals surface area contributed by atoms with E-state index in [0.717, 1.165) is 13.0 Å². The van der Waals surface area contributed by atoms with Gasteiger partial charge in [-0.05, 0) is 68.5 Å². The molecule has 0 radical (unpaired) electrons. The van der Waals surface area contributed by atoms with Gasteiger partial charge in [-0.3, -0.25) is 4.99 Å². The first-order valence-electron chi connectivity index (χ1n) is 10.4. The third-order valence-electron chi connectivity index (χ3n) is 5.56. The van der Waals surface area contributed by atoms with Gasteiger partial charge in [-0.2, -0.15) is 0 Å². The van der Waals surface area contributed by atoms with Crippen molar-refractivity contribution in [1.82, 2.24) is 0 Å². The van der Waals surface area contributed by atoms with Crippen molar-refractivity contribution in [2.24, 2.45) is 10.9 Å². The van der Waals surface area contributed by atoms with Crippen molar-refractivity contribution in [3.05, 3.63) is 48.3 Å². The van der Waals surface area contributed by atoms with Gasteiger partial charge in [-0.25, -0.2) is 0 Å². The first-order chi connectivity index (χ1) is 12.7. The molecule has 1 aromatic carbocycles. The van der Waals surface area contributed by atoms with Gasteiger partial charge in [0.05, 0.1) is 0 Å². The standard InChI is InChI=1S/C24H36N2/c1-5-7-9-15-23(19-25-4)22-16-12-17-24(18-22)26(6-2)20(3)21-13-10-8-11-14-21/h12,16-19,21H,3-11,13-15H2,1-2H3/b23-19+. The summed E-state index contributed by atoms with van der Waals surface area (Å²) in [6.45, 7) is 13.6. The van der Waals surface area contributed by atoms with Crippen LogP contribution in [0.3, 0.4) is 0 Å². The molecule has 2 rings (SSSR count). The molecule has 2 nitrogen and oxygen atoms in total. The fourth-order valence-electron chi connectivity index (χ4n) is 4.04. The topological polar surface area (TPSA) is 15.6 Å². The van der Waals surface area contributed by atoms with Crippen LogP contribution in [0.4, 0.5) is 5.69 Å². The van der Waals surface area contributed by atoms with Crippen LogP contribution in [-0.4, -0.2) is 13.3 Å². The van der Waals surface area contributed by atoms with Crippen molar-refractivity contribution in [2.45, 2.75) is 71.6 Å². The molecule has 0 bridgehead atoms. The minimum absolute atomic E-state index is 0.641. The maximum absolute atomic E-state index is 4.48. The van der Waals surface area contributed by atoms with Gasteiger partial charge < -0.3 is 4.90 Å². The first-order valence-corrected chi connectivity index (χ1v) is 10.4. The number of hydrogen-bond donors (Lipinski definition) is 0. The zero-order valence-electron chi connectivity index (χ0n) is 16.8. The lowest BCUT2D eigenvalue weighted by atomic mass is 9.86. The third-order valence-corrected chi connectivity index (χ3v) is 5.56. The lowest BCUT2D eigenvalue weighted by Crippen LogP contribution is -2.27. The molecule has 142 valence electrons. The Morgan fingerprint density at radius 2 is 1.96 bits per heavy atom. The minimum atomic E-state index is 0.641. The summed E-state index contributed by atoms with van der Waals surface area (Å²) < 4.78 is 0. The lowest BCUT2D eigenvalue weighted by Gasteiger charge is -2.33. The molecule has 2 heteroatoms. The number of hydrogen-bond acceptors (Lipinski definition) is 2. The lowest BCUT2D eigenvalue weighted by molar-refractivity contribution is 0.397. The SMILES string of the molecule is C=N/C=C(\CCCCC)c1cccc(N(CC)C(=C)C2CCCCC2)c1. The molecule has 0 saturated heterocycles. The average molecular weight is 353 g/mol. The van der Waals surface area contributed by atoms with Crippen LogP contribution in [0.25, 0.3) is 5.57 Å². The maximum Gasteiger partial charge on any atom is 0.0414 e. The van der Waals surface area contributed by atoms with Crippen LogP contribution < -0.4 is 4.90 Å². The number of aliphatic imine (C=N–C) groups is 1. The third kappa shape index (κ3) is 5.59. The Hall–Kier alpha value is -1.83. The van der Waals surface area contributed by atoms with Crippen LogP contribution in [0.5, 0.6) is 0 Å². The molecule has 1 saturated carbocycles. The molecular formula is C24H36N2. The number of anilines is 1. The maximum atomic E-state index is 4.48. The van der Waals surface area contributed by atoms with Gasteiger partial charge in [0.2, 0.25) is 0 Å². The predicted octanol–water partition coefficient (Wildman–Crippen LogP) is 7.23. The zero-order valence-corrected chi connectivity index (χ0v) is 16.8. The van der Waals surface area contributed by atoms with Crippen molar-refractivity contribution in [3.8, 4) is 0 Å². The largest absolute Gasteiger partial charge is 0.346 e. The normalized spacial score (nSPS) is 15.7. The van der Waals surface area contributed by atoms with E-state index in [1.807, 2.05) is 6.20 Å². The van der Waals surface area contributed by atoms with Crippen LogP contribution in [0, 0.1) is 5.92 Å². The number of nitrogens with zero attached hydrogens (tertiary/aromatic N) is 2. The number of unbranched alkanes of at least 4 members (excludes halogenated alkanes) is 2. The van der Waals surface area contributed by atoms with Crippen LogP contribution >= 0.6 is 0 Å². The average Bonchev–Trinajstić information content (AvgIpc) is 2.69. The summed E-state index contributed by atoms with van der Waals surface area (Å²) in [5.74, 6) is 0.641. The Labute approximate surface area is 160 Å². The van der Waals surface area contributed by atoms with E-state index in [1.54, 1.807) is 0 Å². The van der Waals surface area contributed by atoms with Crippen molar-refractivity contribution in [1.29, 1.82) is 0 Å². The van der Waals surface area contributed by atoms with E-state index in [-0.39, 0.29) is 0 Å². The molecule has 0 N–H and O–H groups in total. The zero-order chi connectivity index (χ0) is 18.8. The van der Waals surface area contributed by atoms with Crippen LogP contribution in [0.1, 0.15) is 77.2 Å². The summed E-state index contributed by atoms with van der Waals surface area (Å²) in [5.41, 5.74) is 5.10. The molecule has 1 fully saturated rings. The molecule has 0 amide bonds. The highest BCUT2D eigenvalue weighted by molar-refractivity contribution is 5.70. The molecular weight excluding hydrogens is 316 g/mol. The summed E-state index contributed by atoms with van der Waals surface area (Å²) in [7, 11) is 0. The van der Waals surface area contributed by atoms with Crippen molar-refractivity contribution in [3.63, 3.8) is 0 Å². The van der Waals surface area contributed by atoms with Gasteiger partial charge in [0, 0.05) is 24.1 Å². The molecule has 0 heterocycles. The molecule has 1 aliphatic rings. The Balaban J connectivity index is 2.20. The summed E-state index contributed by atoms with van der Waals surface area (Å²) in [6.07, 6.45) is 13.3. The molecule has 0 unspecified atom stereocenters. The fraction of sp³-hybridized carbons (Fsp3) is 0.542. The number of rotatable bonds is 10. The predicted molar refractivity (Wildman–Crippen MR) is 117 cm³/mol. The second-order valence-electron chi connectivity index (χ2n) is 7.41. The minimum Gasteiger partial charge on any atom is -0.346 e. The molecule has 1 aliphatic carbocycles. The highest BCUT2D eigenvalue weighted by Crippen LogP contribution is 2.34. The molecule has 0 aromatic heterocycles. The quantitative estimate of drug-likeness (QED) is 0.320. The molecule has 0 atom stereocenters. The Morgan fingerprint density at radius 1 is 1.19 bits per heavy atom. The van der Waals surface area contributed by atoms with Gasteiger partial charge in [0.25, 0.3) is 0 Å². The van der Waals surface area contributed by atoms with Gasteiger partial charge >= 0.3 is 0 Å². The van der Waals surface area contributed by atoms with E-state index in [4.69, 9.17) is 0 Å². The highest BCUT2D eigenvalue weighted by Gasteiger charge is 2.21. The highest BCUT2D eigenvalue weighted by atomic mass is 15.1. The second-order valence-corrected chi connectivity index (χ2v) is 7.41. The Bertz CT molecular complexity index is 608. The number of benzene rings is 1. The van der Waals surface area contributed by atoms with E-state index in [9.17, 15) is 0 Å². The van der Waals surface area contributed by atoms with Gasteiger partial charge in [0.15, 0.2) is 0 Å². The van der Waals surface area contributed by atoms with Crippen LogP contribution in [-0.2, 0) is 0 Å².